The molecule has 0 aliphatic heterocycles. The standard InChI is InChI=1S/C16H17F3N4O/c17-16(18,19)12-2-1-3-13(9-12)22-15(24)11-4-5-21-14(8-11)23-7-6-20-10-23/h4-8,10,12-13H,1-3,9H2,(H,22,24)/t12-,13-/m0/s1. The molecule has 1 aliphatic rings. The molecule has 2 atom stereocenters. The molecule has 24 heavy (non-hydrogen) atoms. The normalized spacial score (nSPS) is 21.5. The summed E-state index contributed by atoms with van der Waals surface area (Å²) in [6, 6.07) is 2.67. The zero-order valence-corrected chi connectivity index (χ0v) is 12.8. The first-order valence-corrected chi connectivity index (χ1v) is 7.75. The second kappa shape index (κ2) is 6.62. The van der Waals surface area contributed by atoms with Gasteiger partial charge in [-0.2, -0.15) is 13.2 Å². The van der Waals surface area contributed by atoms with Gasteiger partial charge in [-0.05, 0) is 31.4 Å². The first-order valence-electron chi connectivity index (χ1n) is 7.75. The lowest BCUT2D eigenvalue weighted by atomic mass is 9.85. The number of nitrogens with zero attached hydrogens (tertiary/aromatic N) is 3. The molecule has 128 valence electrons. The van der Waals surface area contributed by atoms with E-state index in [9.17, 15) is 18.0 Å². The molecular formula is C16H17F3N4O. The van der Waals surface area contributed by atoms with Gasteiger partial charge in [-0.25, -0.2) is 9.97 Å². The maximum Gasteiger partial charge on any atom is 0.391 e. The predicted molar refractivity (Wildman–Crippen MR) is 80.6 cm³/mol. The molecule has 1 fully saturated rings. The molecule has 2 aromatic rings. The van der Waals surface area contributed by atoms with Gasteiger partial charge in [0.25, 0.3) is 5.91 Å². The van der Waals surface area contributed by atoms with Gasteiger partial charge in [0.1, 0.15) is 12.1 Å². The molecule has 8 heteroatoms. The van der Waals surface area contributed by atoms with Crippen LogP contribution < -0.4 is 5.32 Å². The van der Waals surface area contributed by atoms with E-state index in [1.165, 1.54) is 6.20 Å². The summed E-state index contributed by atoms with van der Waals surface area (Å²) in [7, 11) is 0. The molecule has 0 unspecified atom stereocenters. The number of pyridine rings is 1. The van der Waals surface area contributed by atoms with Gasteiger partial charge in [0.2, 0.25) is 0 Å². The minimum absolute atomic E-state index is 0.0608. The van der Waals surface area contributed by atoms with E-state index in [1.54, 1.807) is 35.4 Å². The van der Waals surface area contributed by atoms with Crippen LogP contribution in [0.4, 0.5) is 13.2 Å². The molecule has 0 spiro atoms. The Morgan fingerprint density at radius 2 is 2.12 bits per heavy atom. The molecule has 1 aliphatic carbocycles. The number of nitrogens with one attached hydrogen (secondary N) is 1. The van der Waals surface area contributed by atoms with Crippen LogP contribution in [0.2, 0.25) is 0 Å². The number of carbonyl (C=O) groups is 1. The summed E-state index contributed by atoms with van der Waals surface area (Å²) < 4.78 is 40.2. The van der Waals surface area contributed by atoms with Gasteiger partial charge in [0.05, 0.1) is 5.92 Å². The van der Waals surface area contributed by atoms with Crippen LogP contribution in [0.5, 0.6) is 0 Å². The van der Waals surface area contributed by atoms with Crippen molar-refractivity contribution in [3.05, 3.63) is 42.6 Å². The first kappa shape index (κ1) is 16.5. The van der Waals surface area contributed by atoms with Crippen LogP contribution in [0.25, 0.3) is 5.82 Å². The lowest BCUT2D eigenvalue weighted by Crippen LogP contribution is -2.41. The van der Waals surface area contributed by atoms with E-state index in [0.29, 0.717) is 24.2 Å². The molecule has 5 nitrogen and oxygen atoms in total. The Morgan fingerprint density at radius 1 is 1.29 bits per heavy atom. The van der Waals surface area contributed by atoms with E-state index in [4.69, 9.17) is 0 Å². The molecule has 0 aromatic carbocycles. The number of hydrogen-bond acceptors (Lipinski definition) is 3. The largest absolute Gasteiger partial charge is 0.391 e. The number of alkyl halides is 3. The topological polar surface area (TPSA) is 59.8 Å². The quantitative estimate of drug-likeness (QED) is 0.935. The summed E-state index contributed by atoms with van der Waals surface area (Å²) >= 11 is 0. The molecule has 2 heterocycles. The van der Waals surface area contributed by atoms with Crippen LogP contribution in [0.1, 0.15) is 36.0 Å². The summed E-state index contributed by atoms with van der Waals surface area (Å²) in [5.41, 5.74) is 0.364. The molecule has 0 radical (unpaired) electrons. The Balaban J connectivity index is 1.68. The zero-order valence-electron chi connectivity index (χ0n) is 12.8. The monoisotopic (exact) mass is 338 g/mol. The fourth-order valence-corrected chi connectivity index (χ4v) is 2.98. The highest BCUT2D eigenvalue weighted by Gasteiger charge is 2.42. The minimum atomic E-state index is -4.20. The maximum absolute atomic E-state index is 12.9. The number of hydrogen-bond donors (Lipinski definition) is 1. The Morgan fingerprint density at radius 3 is 2.83 bits per heavy atom. The number of aromatic nitrogens is 3. The third-order valence-corrected chi connectivity index (χ3v) is 4.25. The van der Waals surface area contributed by atoms with E-state index in [1.807, 2.05) is 0 Å². The van der Waals surface area contributed by atoms with Gasteiger partial charge in [0, 0.05) is 30.2 Å². The maximum atomic E-state index is 12.9. The van der Waals surface area contributed by atoms with Crippen molar-refractivity contribution in [2.45, 2.75) is 37.9 Å². The SMILES string of the molecule is O=C(N[C@H]1CCC[C@H](C(F)(F)F)C1)c1ccnc(-n2ccnc2)c1. The molecule has 1 amide bonds. The smallest absolute Gasteiger partial charge is 0.349 e. The van der Waals surface area contributed by atoms with Gasteiger partial charge >= 0.3 is 6.18 Å². The number of amides is 1. The summed E-state index contributed by atoms with van der Waals surface area (Å²) in [4.78, 5) is 20.4. The molecular weight excluding hydrogens is 321 g/mol. The lowest BCUT2D eigenvalue weighted by molar-refractivity contribution is -0.183. The van der Waals surface area contributed by atoms with Crippen molar-refractivity contribution in [2.24, 2.45) is 5.92 Å². The van der Waals surface area contributed by atoms with E-state index in [2.05, 4.69) is 15.3 Å². The predicted octanol–water partition coefficient (Wildman–Crippen LogP) is 3.12. The van der Waals surface area contributed by atoms with Crippen LogP contribution in [0.3, 0.4) is 0 Å². The van der Waals surface area contributed by atoms with Crippen molar-refractivity contribution in [3.63, 3.8) is 0 Å². The van der Waals surface area contributed by atoms with Crippen molar-refractivity contribution in [2.75, 3.05) is 0 Å². The fraction of sp³-hybridized carbons (Fsp3) is 0.438. The Bertz CT molecular complexity index is 700. The third-order valence-electron chi connectivity index (χ3n) is 4.25. The highest BCUT2D eigenvalue weighted by molar-refractivity contribution is 5.94. The summed E-state index contributed by atoms with van der Waals surface area (Å²) in [5.74, 6) is -1.20. The number of imidazole rings is 1. The molecule has 2 aromatic heterocycles. The first-order chi connectivity index (χ1) is 11.4. The average Bonchev–Trinajstić information content (AvgIpc) is 3.09. The second-order valence-corrected chi connectivity index (χ2v) is 5.95. The molecule has 0 saturated heterocycles. The minimum Gasteiger partial charge on any atom is -0.349 e. The van der Waals surface area contributed by atoms with Crippen molar-refractivity contribution < 1.29 is 18.0 Å². The molecule has 0 bridgehead atoms. The Labute approximate surface area is 136 Å². The lowest BCUT2D eigenvalue weighted by Gasteiger charge is -2.31. The highest BCUT2D eigenvalue weighted by atomic mass is 19.4. The van der Waals surface area contributed by atoms with Gasteiger partial charge in [-0.1, -0.05) is 6.42 Å². The molecule has 1 N–H and O–H groups in total. The number of rotatable bonds is 3. The summed E-state index contributed by atoms with van der Waals surface area (Å²) in [5, 5.41) is 2.72. The fourth-order valence-electron chi connectivity index (χ4n) is 2.98. The van der Waals surface area contributed by atoms with Gasteiger partial charge in [-0.15, -0.1) is 0 Å². The number of carbonyl (C=O) groups excluding carboxylic acids is 1. The van der Waals surface area contributed by atoms with Crippen LogP contribution in [-0.4, -0.2) is 32.7 Å². The average molecular weight is 338 g/mol. The zero-order chi connectivity index (χ0) is 17.2. The third kappa shape index (κ3) is 3.74. The van der Waals surface area contributed by atoms with Gasteiger partial charge in [0.15, 0.2) is 0 Å². The van der Waals surface area contributed by atoms with Gasteiger partial charge in [-0.3, -0.25) is 9.36 Å². The Kier molecular flexibility index (Phi) is 4.55. The van der Waals surface area contributed by atoms with Crippen molar-refractivity contribution in [1.29, 1.82) is 0 Å². The van der Waals surface area contributed by atoms with Gasteiger partial charge < -0.3 is 5.32 Å². The van der Waals surface area contributed by atoms with Crippen LogP contribution in [0, 0.1) is 5.92 Å². The van der Waals surface area contributed by atoms with Crippen molar-refractivity contribution in [3.8, 4) is 5.82 Å². The van der Waals surface area contributed by atoms with Crippen molar-refractivity contribution in [1.82, 2.24) is 19.9 Å². The van der Waals surface area contributed by atoms with E-state index in [0.717, 1.165) is 0 Å². The van der Waals surface area contributed by atoms with Crippen LogP contribution in [-0.2, 0) is 0 Å². The highest BCUT2D eigenvalue weighted by Crippen LogP contribution is 2.37. The Hall–Kier alpha value is -2.38. The summed E-state index contributed by atoms with van der Waals surface area (Å²) in [6.45, 7) is 0. The van der Waals surface area contributed by atoms with E-state index >= 15 is 0 Å². The van der Waals surface area contributed by atoms with Crippen molar-refractivity contribution >= 4 is 5.91 Å². The van der Waals surface area contributed by atoms with E-state index in [-0.39, 0.29) is 18.7 Å². The number of halogens is 3. The molecule has 3 rings (SSSR count). The van der Waals surface area contributed by atoms with Crippen LogP contribution >= 0.6 is 0 Å². The summed E-state index contributed by atoms with van der Waals surface area (Å²) in [6.07, 6.45) is 3.23. The second-order valence-electron chi connectivity index (χ2n) is 5.95. The molecule has 1 saturated carbocycles. The van der Waals surface area contributed by atoms with Crippen LogP contribution in [0.15, 0.2) is 37.1 Å². The van der Waals surface area contributed by atoms with E-state index < -0.39 is 18.1 Å².